The van der Waals surface area contributed by atoms with Crippen molar-refractivity contribution in [2.24, 2.45) is 28.6 Å². The number of allylic oxidation sites excluding steroid dienone is 1. The average molecular weight is 357 g/mol. The first-order valence-electron chi connectivity index (χ1n) is 10.3. The number of aliphatic hydroxyl groups excluding tert-OH is 1. The summed E-state index contributed by atoms with van der Waals surface area (Å²) in [5.41, 5.74) is -1.11. The zero-order valence-electron chi connectivity index (χ0n) is 16.4. The molecule has 5 aliphatic rings. The molecule has 1 spiro atoms. The van der Waals surface area contributed by atoms with Crippen molar-refractivity contribution in [1.82, 2.24) is 0 Å². The molecule has 1 heterocycles. The zero-order chi connectivity index (χ0) is 18.8. The van der Waals surface area contributed by atoms with Crippen molar-refractivity contribution in [1.29, 1.82) is 5.26 Å². The highest BCUT2D eigenvalue weighted by Crippen LogP contribution is 2.77. The number of epoxide rings is 1. The van der Waals surface area contributed by atoms with E-state index in [1.807, 2.05) is 13.8 Å². The normalized spacial score (nSPS) is 60.4. The molecular formula is C22H31NO3. The number of nitrogens with zero attached hydrogens (tertiary/aromatic N) is 1. The van der Waals surface area contributed by atoms with Gasteiger partial charge in [0, 0.05) is 5.41 Å². The lowest BCUT2D eigenvalue weighted by molar-refractivity contribution is -0.143. The van der Waals surface area contributed by atoms with Gasteiger partial charge in [-0.2, -0.15) is 5.26 Å². The Balaban J connectivity index is 1.57. The first kappa shape index (κ1) is 17.1. The van der Waals surface area contributed by atoms with Crippen LogP contribution in [-0.4, -0.2) is 27.0 Å². The van der Waals surface area contributed by atoms with E-state index >= 15 is 0 Å². The second-order valence-corrected chi connectivity index (χ2v) is 10.7. The van der Waals surface area contributed by atoms with Crippen LogP contribution in [-0.2, 0) is 4.74 Å². The third-order valence-electron chi connectivity index (χ3n) is 10.1. The molecule has 0 aromatic carbocycles. The molecule has 0 amide bonds. The minimum Gasteiger partial charge on any atom is -0.508 e. The average Bonchev–Trinajstić information content (AvgIpc) is 3.14. The molecule has 0 aromatic rings. The summed E-state index contributed by atoms with van der Waals surface area (Å²) in [5, 5.41) is 31.3. The molecule has 1 saturated heterocycles. The van der Waals surface area contributed by atoms with Crippen LogP contribution < -0.4 is 0 Å². The summed E-state index contributed by atoms with van der Waals surface area (Å²) in [4.78, 5) is 0. The van der Waals surface area contributed by atoms with Gasteiger partial charge in [-0.15, -0.1) is 0 Å². The maximum absolute atomic E-state index is 11.0. The van der Waals surface area contributed by atoms with Gasteiger partial charge in [-0.05, 0) is 82.0 Å². The van der Waals surface area contributed by atoms with E-state index in [2.05, 4.69) is 19.9 Å². The fraction of sp³-hybridized carbons (Fsp3) is 0.864. The van der Waals surface area contributed by atoms with Crippen molar-refractivity contribution in [3.05, 3.63) is 11.3 Å². The maximum atomic E-state index is 11.0. The summed E-state index contributed by atoms with van der Waals surface area (Å²) in [6, 6.07) is 2.26. The molecule has 0 radical (unpaired) electrons. The maximum Gasteiger partial charge on any atom is 0.153 e. The Labute approximate surface area is 156 Å². The highest BCUT2D eigenvalue weighted by atomic mass is 16.6. The van der Waals surface area contributed by atoms with Gasteiger partial charge in [0.1, 0.15) is 11.4 Å². The molecular weight excluding hydrogens is 326 g/mol. The van der Waals surface area contributed by atoms with E-state index < -0.39 is 11.2 Å². The quantitative estimate of drug-likeness (QED) is 0.636. The van der Waals surface area contributed by atoms with Gasteiger partial charge in [0.05, 0.1) is 17.2 Å². The van der Waals surface area contributed by atoms with Gasteiger partial charge in [0.2, 0.25) is 0 Å². The smallest absolute Gasteiger partial charge is 0.153 e. The molecule has 8 atom stereocenters. The molecule has 26 heavy (non-hydrogen) atoms. The van der Waals surface area contributed by atoms with Crippen LogP contribution in [0.2, 0.25) is 0 Å². The Kier molecular flexibility index (Phi) is 2.95. The Bertz CT molecular complexity index is 766. The van der Waals surface area contributed by atoms with Crippen molar-refractivity contribution in [3.8, 4) is 6.07 Å². The van der Waals surface area contributed by atoms with Crippen LogP contribution in [0.3, 0.4) is 0 Å². The molecule has 3 saturated carbocycles. The van der Waals surface area contributed by atoms with Gasteiger partial charge in [-0.3, -0.25) is 0 Å². The van der Waals surface area contributed by atoms with Crippen molar-refractivity contribution in [3.63, 3.8) is 0 Å². The lowest BCUT2D eigenvalue weighted by Crippen LogP contribution is -2.60. The molecule has 0 aromatic heterocycles. The highest BCUT2D eigenvalue weighted by molar-refractivity contribution is 5.46. The van der Waals surface area contributed by atoms with E-state index in [4.69, 9.17) is 4.74 Å². The van der Waals surface area contributed by atoms with Crippen molar-refractivity contribution in [2.45, 2.75) is 89.4 Å². The second-order valence-electron chi connectivity index (χ2n) is 10.7. The van der Waals surface area contributed by atoms with Crippen LogP contribution >= 0.6 is 0 Å². The number of fused-ring (bicyclic) bond motifs is 4. The standard InChI is InChI=1S/C22H31NO3/c1-18-8-6-16-14(15(18)7-9-20(18,3)25)5-10-22-19(16,2)11-13(12-23)17(24)21(22,4)26-22/h14-16,24-25H,5-11H2,1-4H3/t14-,15-,16-,18-,19+,20+,21-,22+/m0/s1. The Morgan fingerprint density at radius 1 is 1.00 bits per heavy atom. The van der Waals surface area contributed by atoms with Crippen LogP contribution in [0.5, 0.6) is 0 Å². The van der Waals surface area contributed by atoms with Gasteiger partial charge < -0.3 is 14.9 Å². The van der Waals surface area contributed by atoms with E-state index in [1.165, 1.54) is 0 Å². The Morgan fingerprint density at radius 2 is 1.65 bits per heavy atom. The SMILES string of the molecule is C[C@@]12O[C@@]13CC[C@H]1[C@@H]4CC[C@@](C)(O)[C@@]4(C)CC[C@@H]1[C@@]3(C)CC(C#N)=C2O. The Hall–Kier alpha value is -1.05. The van der Waals surface area contributed by atoms with E-state index in [1.54, 1.807) is 0 Å². The number of aliphatic hydroxyl groups is 2. The summed E-state index contributed by atoms with van der Waals surface area (Å²) in [6.45, 7) is 8.63. The van der Waals surface area contributed by atoms with Crippen LogP contribution in [0.4, 0.5) is 0 Å². The van der Waals surface area contributed by atoms with Crippen LogP contribution in [0.1, 0.15) is 72.6 Å². The molecule has 4 aliphatic carbocycles. The lowest BCUT2D eigenvalue weighted by Gasteiger charge is -2.60. The minimum atomic E-state index is -0.669. The van der Waals surface area contributed by atoms with Crippen LogP contribution in [0.25, 0.3) is 0 Å². The van der Waals surface area contributed by atoms with E-state index in [-0.39, 0.29) is 22.2 Å². The van der Waals surface area contributed by atoms with Gasteiger partial charge in [0.15, 0.2) is 5.60 Å². The summed E-state index contributed by atoms with van der Waals surface area (Å²) in [6.07, 6.45) is 6.85. The fourth-order valence-corrected chi connectivity index (χ4v) is 8.30. The number of rotatable bonds is 0. The third-order valence-corrected chi connectivity index (χ3v) is 10.1. The first-order chi connectivity index (χ1) is 12.1. The van der Waals surface area contributed by atoms with Crippen LogP contribution in [0, 0.1) is 39.9 Å². The largest absolute Gasteiger partial charge is 0.508 e. The van der Waals surface area contributed by atoms with Crippen LogP contribution in [0.15, 0.2) is 11.3 Å². The molecule has 1 aliphatic heterocycles. The Morgan fingerprint density at radius 3 is 2.35 bits per heavy atom. The number of hydrogen-bond donors (Lipinski definition) is 2. The number of hydrogen-bond acceptors (Lipinski definition) is 4. The monoisotopic (exact) mass is 357 g/mol. The van der Waals surface area contributed by atoms with E-state index in [0.717, 1.165) is 38.5 Å². The van der Waals surface area contributed by atoms with Gasteiger partial charge >= 0.3 is 0 Å². The molecule has 4 fully saturated rings. The minimum absolute atomic E-state index is 0.00739. The first-order valence-corrected chi connectivity index (χ1v) is 10.3. The van der Waals surface area contributed by atoms with Gasteiger partial charge in [0.25, 0.3) is 0 Å². The van der Waals surface area contributed by atoms with Gasteiger partial charge in [-0.25, -0.2) is 0 Å². The lowest BCUT2D eigenvalue weighted by atomic mass is 9.43. The predicted octanol–water partition coefficient (Wildman–Crippen LogP) is 4.25. The summed E-state index contributed by atoms with van der Waals surface area (Å²) in [5.74, 6) is 1.83. The van der Waals surface area contributed by atoms with Crippen molar-refractivity contribution in [2.75, 3.05) is 0 Å². The molecule has 0 unspecified atom stereocenters. The fourth-order valence-electron chi connectivity index (χ4n) is 8.30. The van der Waals surface area contributed by atoms with Crippen molar-refractivity contribution >= 4 is 0 Å². The third kappa shape index (κ3) is 1.53. The number of nitriles is 1. The molecule has 0 bridgehead atoms. The molecule has 4 nitrogen and oxygen atoms in total. The molecule has 2 N–H and O–H groups in total. The predicted molar refractivity (Wildman–Crippen MR) is 97.1 cm³/mol. The zero-order valence-corrected chi connectivity index (χ0v) is 16.4. The molecule has 5 rings (SSSR count). The van der Waals surface area contributed by atoms with E-state index in [9.17, 15) is 15.5 Å². The molecule has 142 valence electrons. The second kappa shape index (κ2) is 4.50. The summed E-state index contributed by atoms with van der Waals surface area (Å²) in [7, 11) is 0. The summed E-state index contributed by atoms with van der Waals surface area (Å²) >= 11 is 0. The molecule has 4 heteroatoms. The number of ether oxygens (including phenoxy) is 1. The van der Waals surface area contributed by atoms with Gasteiger partial charge in [-0.1, -0.05) is 13.8 Å². The van der Waals surface area contributed by atoms with Crippen molar-refractivity contribution < 1.29 is 14.9 Å². The van der Waals surface area contributed by atoms with E-state index in [0.29, 0.717) is 29.7 Å². The topological polar surface area (TPSA) is 76.8 Å². The highest BCUT2D eigenvalue weighted by Gasteiger charge is 2.82. The summed E-state index contributed by atoms with van der Waals surface area (Å²) < 4.78 is 6.32.